The Morgan fingerprint density at radius 2 is 1.36 bits per heavy atom. The molecule has 0 bridgehead atoms. The average molecular weight is 309 g/mol. The van der Waals surface area contributed by atoms with E-state index in [9.17, 15) is 10.1 Å². The summed E-state index contributed by atoms with van der Waals surface area (Å²) < 4.78 is 10.6. The third-order valence-electron chi connectivity index (χ3n) is 3.76. The van der Waals surface area contributed by atoms with Crippen LogP contribution in [0.15, 0.2) is 0 Å². The quantitative estimate of drug-likeness (QED) is 0.584. The van der Waals surface area contributed by atoms with Crippen LogP contribution in [-0.2, 0) is 9.47 Å². The lowest BCUT2D eigenvalue weighted by molar-refractivity contribution is -0.383. The maximum atomic E-state index is 11.6. The van der Waals surface area contributed by atoms with Crippen molar-refractivity contribution in [3.8, 4) is 0 Å². The van der Waals surface area contributed by atoms with Crippen LogP contribution in [0.1, 0.15) is 5.82 Å². The lowest BCUT2D eigenvalue weighted by Crippen LogP contribution is -2.39. The van der Waals surface area contributed by atoms with E-state index in [1.54, 1.807) is 6.92 Å². The highest BCUT2D eigenvalue weighted by atomic mass is 16.6. The molecule has 3 rings (SSSR count). The van der Waals surface area contributed by atoms with Crippen LogP contribution in [0.25, 0.3) is 0 Å². The molecule has 0 unspecified atom stereocenters. The molecule has 0 N–H and O–H groups in total. The zero-order valence-electron chi connectivity index (χ0n) is 12.5. The van der Waals surface area contributed by atoms with Gasteiger partial charge in [0.15, 0.2) is 0 Å². The fraction of sp³-hybridized carbons (Fsp3) is 0.692. The number of morpholine rings is 2. The number of nitrogens with zero attached hydrogens (tertiary/aromatic N) is 5. The third kappa shape index (κ3) is 2.95. The Kier molecular flexibility index (Phi) is 4.34. The van der Waals surface area contributed by atoms with Gasteiger partial charge in [0.05, 0.1) is 31.4 Å². The van der Waals surface area contributed by atoms with Crippen LogP contribution in [0.3, 0.4) is 0 Å². The minimum atomic E-state index is -0.380. The molecule has 2 fully saturated rings. The molecule has 1 aromatic heterocycles. The van der Waals surface area contributed by atoms with Crippen LogP contribution >= 0.6 is 0 Å². The highest BCUT2D eigenvalue weighted by Crippen LogP contribution is 2.35. The first-order valence-corrected chi connectivity index (χ1v) is 7.35. The maximum Gasteiger partial charge on any atom is 0.353 e. The monoisotopic (exact) mass is 309 g/mol. The van der Waals surface area contributed by atoms with E-state index in [-0.39, 0.29) is 10.6 Å². The molecule has 0 amide bonds. The van der Waals surface area contributed by atoms with Crippen molar-refractivity contribution in [3.05, 3.63) is 15.9 Å². The van der Waals surface area contributed by atoms with Crippen LogP contribution in [0.5, 0.6) is 0 Å². The highest BCUT2D eigenvalue weighted by molar-refractivity contribution is 5.72. The van der Waals surface area contributed by atoms with E-state index in [0.717, 1.165) is 0 Å². The number of hydrogen-bond acceptors (Lipinski definition) is 8. The minimum absolute atomic E-state index is 0.0191. The summed E-state index contributed by atoms with van der Waals surface area (Å²) >= 11 is 0. The molecule has 0 saturated carbocycles. The van der Waals surface area contributed by atoms with Gasteiger partial charge in [-0.15, -0.1) is 0 Å². The molecule has 0 atom stereocenters. The average Bonchev–Trinajstić information content (AvgIpc) is 2.55. The third-order valence-corrected chi connectivity index (χ3v) is 3.76. The van der Waals surface area contributed by atoms with E-state index < -0.39 is 0 Å². The molecule has 120 valence electrons. The number of anilines is 2. The molecule has 22 heavy (non-hydrogen) atoms. The van der Waals surface area contributed by atoms with Crippen molar-refractivity contribution in [2.45, 2.75) is 6.92 Å². The van der Waals surface area contributed by atoms with E-state index in [1.807, 2.05) is 9.80 Å². The van der Waals surface area contributed by atoms with Crippen molar-refractivity contribution in [1.82, 2.24) is 9.97 Å². The van der Waals surface area contributed by atoms with Crippen molar-refractivity contribution in [2.24, 2.45) is 0 Å². The second kappa shape index (κ2) is 6.41. The predicted molar refractivity (Wildman–Crippen MR) is 79.5 cm³/mol. The van der Waals surface area contributed by atoms with Gasteiger partial charge >= 0.3 is 5.69 Å². The van der Waals surface area contributed by atoms with Crippen LogP contribution in [-0.4, -0.2) is 67.5 Å². The predicted octanol–water partition coefficient (Wildman–Crippen LogP) is 0.366. The second-order valence-electron chi connectivity index (χ2n) is 5.22. The van der Waals surface area contributed by atoms with Crippen molar-refractivity contribution < 1.29 is 14.4 Å². The van der Waals surface area contributed by atoms with Gasteiger partial charge in [-0.2, -0.15) is 0 Å². The van der Waals surface area contributed by atoms with Gasteiger partial charge < -0.3 is 19.3 Å². The largest absolute Gasteiger partial charge is 0.378 e. The van der Waals surface area contributed by atoms with Gasteiger partial charge in [-0.3, -0.25) is 10.1 Å². The van der Waals surface area contributed by atoms with Gasteiger partial charge in [0.25, 0.3) is 0 Å². The molecule has 0 spiro atoms. The van der Waals surface area contributed by atoms with Crippen molar-refractivity contribution >= 4 is 17.3 Å². The Labute approximate surface area is 128 Å². The first-order chi connectivity index (χ1) is 10.7. The molecule has 9 nitrogen and oxygen atoms in total. The lowest BCUT2D eigenvalue weighted by Gasteiger charge is -2.31. The molecular formula is C13H19N5O4. The van der Waals surface area contributed by atoms with Crippen molar-refractivity contribution in [1.29, 1.82) is 0 Å². The Bertz CT molecular complexity index is 516. The smallest absolute Gasteiger partial charge is 0.353 e. The summed E-state index contributed by atoms with van der Waals surface area (Å²) in [7, 11) is 0. The summed E-state index contributed by atoms with van der Waals surface area (Å²) in [6, 6.07) is 0. The summed E-state index contributed by atoms with van der Waals surface area (Å²) in [5.74, 6) is 1.32. The molecule has 0 radical (unpaired) electrons. The minimum Gasteiger partial charge on any atom is -0.378 e. The van der Waals surface area contributed by atoms with E-state index >= 15 is 0 Å². The fourth-order valence-corrected chi connectivity index (χ4v) is 2.69. The lowest BCUT2D eigenvalue weighted by atomic mass is 10.3. The van der Waals surface area contributed by atoms with Gasteiger partial charge in [0, 0.05) is 26.2 Å². The summed E-state index contributed by atoms with van der Waals surface area (Å²) in [6.07, 6.45) is 0. The molecule has 9 heteroatoms. The molecule has 2 aliphatic heterocycles. The van der Waals surface area contributed by atoms with Gasteiger partial charge in [-0.05, 0) is 6.92 Å². The summed E-state index contributed by atoms with van der Waals surface area (Å²) in [5.41, 5.74) is -0.0191. The van der Waals surface area contributed by atoms with E-state index in [1.165, 1.54) is 0 Å². The molecule has 0 aromatic carbocycles. The number of rotatable bonds is 3. The van der Waals surface area contributed by atoms with Crippen LogP contribution in [0.4, 0.5) is 17.3 Å². The SMILES string of the molecule is Cc1nc(N2CCOCC2)c([N+](=O)[O-])c(N2CCOCC2)n1. The van der Waals surface area contributed by atoms with Crippen LogP contribution in [0, 0.1) is 17.0 Å². The van der Waals surface area contributed by atoms with Crippen molar-refractivity contribution in [3.63, 3.8) is 0 Å². The summed E-state index contributed by atoms with van der Waals surface area (Å²) in [6.45, 7) is 6.34. The fourth-order valence-electron chi connectivity index (χ4n) is 2.69. The number of hydrogen-bond donors (Lipinski definition) is 0. The molecule has 3 heterocycles. The van der Waals surface area contributed by atoms with Gasteiger partial charge in [-0.25, -0.2) is 9.97 Å². The molecule has 2 saturated heterocycles. The van der Waals surface area contributed by atoms with E-state index in [2.05, 4.69) is 9.97 Å². The number of aryl methyl sites for hydroxylation is 1. The molecule has 2 aliphatic rings. The molecule has 0 aliphatic carbocycles. The summed E-state index contributed by atoms with van der Waals surface area (Å²) in [4.78, 5) is 23.7. The Hall–Kier alpha value is -2.00. The Morgan fingerprint density at radius 1 is 0.955 bits per heavy atom. The molecular weight excluding hydrogens is 290 g/mol. The second-order valence-corrected chi connectivity index (χ2v) is 5.22. The number of nitro groups is 1. The van der Waals surface area contributed by atoms with E-state index in [0.29, 0.717) is 70.1 Å². The normalized spacial score (nSPS) is 19.3. The van der Waals surface area contributed by atoms with Crippen LogP contribution in [0.2, 0.25) is 0 Å². The van der Waals surface area contributed by atoms with Gasteiger partial charge in [0.1, 0.15) is 5.82 Å². The van der Waals surface area contributed by atoms with Crippen LogP contribution < -0.4 is 9.80 Å². The Balaban J connectivity index is 2.04. The maximum absolute atomic E-state index is 11.6. The van der Waals surface area contributed by atoms with Gasteiger partial charge in [-0.1, -0.05) is 0 Å². The van der Waals surface area contributed by atoms with Crippen molar-refractivity contribution in [2.75, 3.05) is 62.4 Å². The summed E-state index contributed by atoms with van der Waals surface area (Å²) in [5, 5.41) is 11.6. The standard InChI is InChI=1S/C13H19N5O4/c1-10-14-12(16-2-6-21-7-3-16)11(18(19)20)13(15-10)17-4-8-22-9-5-17/h2-9H2,1H3. The molecule has 1 aromatic rings. The first-order valence-electron chi connectivity index (χ1n) is 7.35. The van der Waals surface area contributed by atoms with Gasteiger partial charge in [0.2, 0.25) is 11.6 Å². The first kappa shape index (κ1) is 14.9. The highest BCUT2D eigenvalue weighted by Gasteiger charge is 2.32. The van der Waals surface area contributed by atoms with E-state index in [4.69, 9.17) is 9.47 Å². The zero-order valence-corrected chi connectivity index (χ0v) is 12.5. The zero-order chi connectivity index (χ0) is 15.5. The number of ether oxygens (including phenoxy) is 2. The number of aromatic nitrogens is 2. The Morgan fingerprint density at radius 3 is 1.73 bits per heavy atom. The topological polar surface area (TPSA) is 93.9 Å².